The fourth-order valence-corrected chi connectivity index (χ4v) is 1.79. The molecule has 0 atom stereocenters. The summed E-state index contributed by atoms with van der Waals surface area (Å²) in [5, 5.41) is 36.0. The number of carbonyl (C=O) groups is 2. The van der Waals surface area contributed by atoms with E-state index in [2.05, 4.69) is 9.57 Å². The molecule has 0 bridgehead atoms. The SMILES string of the molecule is O=CNOc1ccc(CO)cc1O.O=COCc1ccc(CO)cc1O. The first-order valence-electron chi connectivity index (χ1n) is 7.31. The third-order valence-electron chi connectivity index (χ3n) is 3.06. The number of nitrogens with one attached hydrogen (secondary N) is 1. The fourth-order valence-electron chi connectivity index (χ4n) is 1.79. The fraction of sp³-hybridized carbons (Fsp3) is 0.176. The average molecular weight is 365 g/mol. The van der Waals surface area contributed by atoms with Crippen LogP contribution < -0.4 is 10.3 Å². The maximum absolute atomic E-state index is 9.87. The highest BCUT2D eigenvalue weighted by atomic mass is 16.7. The second-order valence-corrected chi connectivity index (χ2v) is 4.83. The first-order chi connectivity index (χ1) is 12.5. The van der Waals surface area contributed by atoms with Gasteiger partial charge in [-0.25, -0.2) is 0 Å². The van der Waals surface area contributed by atoms with Crippen molar-refractivity contribution in [3.63, 3.8) is 0 Å². The van der Waals surface area contributed by atoms with Crippen LogP contribution in [0.4, 0.5) is 0 Å². The van der Waals surface area contributed by atoms with Crippen LogP contribution in [0.5, 0.6) is 17.2 Å². The molecule has 1 amide bonds. The van der Waals surface area contributed by atoms with Crippen molar-refractivity contribution in [2.75, 3.05) is 0 Å². The largest absolute Gasteiger partial charge is 0.508 e. The molecule has 0 aromatic heterocycles. The number of carbonyl (C=O) groups excluding carboxylic acids is 2. The van der Waals surface area contributed by atoms with Gasteiger partial charge in [-0.2, -0.15) is 5.48 Å². The van der Waals surface area contributed by atoms with Crippen molar-refractivity contribution in [3.05, 3.63) is 53.1 Å². The van der Waals surface area contributed by atoms with Crippen LogP contribution >= 0.6 is 0 Å². The Balaban J connectivity index is 0.000000260. The Morgan fingerprint density at radius 3 is 2.04 bits per heavy atom. The van der Waals surface area contributed by atoms with Crippen LogP contribution in [0.1, 0.15) is 16.7 Å². The van der Waals surface area contributed by atoms with Gasteiger partial charge < -0.3 is 30.0 Å². The van der Waals surface area contributed by atoms with Crippen LogP contribution in [0.3, 0.4) is 0 Å². The lowest BCUT2D eigenvalue weighted by Gasteiger charge is -2.05. The zero-order valence-electron chi connectivity index (χ0n) is 13.7. The van der Waals surface area contributed by atoms with Crippen molar-refractivity contribution >= 4 is 12.9 Å². The molecule has 140 valence electrons. The summed E-state index contributed by atoms with van der Waals surface area (Å²) in [5.41, 5.74) is 3.64. The molecule has 26 heavy (non-hydrogen) atoms. The number of amides is 1. The molecule has 0 fully saturated rings. The lowest BCUT2D eigenvalue weighted by molar-refractivity contribution is -0.129. The van der Waals surface area contributed by atoms with Gasteiger partial charge >= 0.3 is 0 Å². The Labute approximate surface area is 149 Å². The Kier molecular flexibility index (Phi) is 9.01. The van der Waals surface area contributed by atoms with Gasteiger partial charge in [-0.3, -0.25) is 9.59 Å². The average Bonchev–Trinajstić information content (AvgIpc) is 2.66. The lowest BCUT2D eigenvalue weighted by Crippen LogP contribution is -2.15. The van der Waals surface area contributed by atoms with E-state index in [1.54, 1.807) is 18.2 Å². The normalized spacial score (nSPS) is 9.46. The second-order valence-electron chi connectivity index (χ2n) is 4.83. The molecule has 0 unspecified atom stereocenters. The van der Waals surface area contributed by atoms with Gasteiger partial charge in [-0.1, -0.05) is 18.2 Å². The Morgan fingerprint density at radius 2 is 1.54 bits per heavy atom. The number of benzene rings is 2. The zero-order chi connectivity index (χ0) is 19.4. The Hall–Kier alpha value is -3.30. The van der Waals surface area contributed by atoms with Gasteiger partial charge in [0.25, 0.3) is 6.47 Å². The molecule has 0 saturated carbocycles. The summed E-state index contributed by atoms with van der Waals surface area (Å²) in [4.78, 5) is 24.4. The molecule has 2 aromatic carbocycles. The maximum atomic E-state index is 9.87. The number of rotatable bonds is 8. The van der Waals surface area contributed by atoms with E-state index in [0.29, 0.717) is 29.6 Å². The van der Waals surface area contributed by atoms with Crippen LogP contribution in [0.15, 0.2) is 36.4 Å². The highest BCUT2D eigenvalue weighted by molar-refractivity contribution is 5.46. The van der Waals surface area contributed by atoms with Crippen molar-refractivity contribution in [1.82, 2.24) is 5.48 Å². The summed E-state index contributed by atoms with van der Waals surface area (Å²) in [6, 6.07) is 9.05. The van der Waals surface area contributed by atoms with Gasteiger partial charge in [-0.05, 0) is 29.3 Å². The third kappa shape index (κ3) is 6.67. The van der Waals surface area contributed by atoms with Crippen LogP contribution in [0.2, 0.25) is 0 Å². The summed E-state index contributed by atoms with van der Waals surface area (Å²) >= 11 is 0. The highest BCUT2D eigenvalue weighted by Crippen LogP contribution is 2.25. The molecule has 0 saturated heterocycles. The minimum absolute atomic E-state index is 0.0217. The first kappa shape index (κ1) is 20.7. The third-order valence-corrected chi connectivity index (χ3v) is 3.06. The predicted octanol–water partition coefficient (Wildman–Crippen LogP) is 0.482. The number of phenolic OH excluding ortho intramolecular Hbond substituents is 2. The molecular formula is C17H19NO8. The number of aliphatic hydroxyl groups excluding tert-OH is 2. The second kappa shape index (κ2) is 11.3. The van der Waals surface area contributed by atoms with Crippen molar-refractivity contribution < 1.29 is 39.6 Å². The minimum Gasteiger partial charge on any atom is -0.508 e. The number of aromatic hydroxyl groups is 2. The number of hydrogen-bond donors (Lipinski definition) is 5. The van der Waals surface area contributed by atoms with Crippen molar-refractivity contribution in [3.8, 4) is 17.2 Å². The summed E-state index contributed by atoms with van der Waals surface area (Å²) < 4.78 is 4.47. The Morgan fingerprint density at radius 1 is 0.923 bits per heavy atom. The smallest absolute Gasteiger partial charge is 0.293 e. The maximum Gasteiger partial charge on any atom is 0.293 e. The summed E-state index contributed by atoms with van der Waals surface area (Å²) in [6.07, 6.45) is 0.347. The standard InChI is InChI=1S/C9H10O4.C8H9NO4/c10-4-7-1-2-8(5-13-6-11)9(12)3-7;10-4-6-1-2-8(7(12)3-6)13-9-5-11/h1-3,6,10,12H,4-5H2;1-3,5,10,12H,4H2,(H,9,11). The van der Waals surface area contributed by atoms with Gasteiger partial charge in [0.2, 0.25) is 6.41 Å². The van der Waals surface area contributed by atoms with E-state index < -0.39 is 0 Å². The van der Waals surface area contributed by atoms with E-state index in [0.717, 1.165) is 0 Å². The number of aliphatic hydroxyl groups is 2. The minimum atomic E-state index is -0.158. The van der Waals surface area contributed by atoms with Crippen LogP contribution in [0, 0.1) is 0 Å². The van der Waals surface area contributed by atoms with E-state index in [1.807, 2.05) is 5.48 Å². The van der Waals surface area contributed by atoms with Gasteiger partial charge in [0.05, 0.1) is 13.2 Å². The first-order valence-corrected chi connectivity index (χ1v) is 7.31. The molecule has 2 rings (SSSR count). The van der Waals surface area contributed by atoms with Gasteiger partial charge in [-0.15, -0.1) is 0 Å². The topological polar surface area (TPSA) is 146 Å². The molecule has 0 aliphatic rings. The van der Waals surface area contributed by atoms with E-state index in [9.17, 15) is 19.8 Å². The van der Waals surface area contributed by atoms with E-state index >= 15 is 0 Å². The number of hydrogen-bond acceptors (Lipinski definition) is 8. The Bertz CT molecular complexity index is 658. The summed E-state index contributed by atoms with van der Waals surface area (Å²) in [7, 11) is 0. The summed E-state index contributed by atoms with van der Waals surface area (Å²) in [6.45, 7) is 0.0811. The zero-order valence-corrected chi connectivity index (χ0v) is 13.7. The highest BCUT2D eigenvalue weighted by Gasteiger charge is 2.03. The molecular weight excluding hydrogens is 346 g/mol. The molecule has 9 nitrogen and oxygen atoms in total. The van der Waals surface area contributed by atoms with E-state index in [1.165, 1.54) is 18.2 Å². The van der Waals surface area contributed by atoms with Crippen molar-refractivity contribution in [2.45, 2.75) is 19.8 Å². The lowest BCUT2D eigenvalue weighted by atomic mass is 10.1. The molecule has 0 aliphatic carbocycles. The monoisotopic (exact) mass is 365 g/mol. The van der Waals surface area contributed by atoms with Gasteiger partial charge in [0, 0.05) is 5.56 Å². The van der Waals surface area contributed by atoms with E-state index in [4.69, 9.17) is 10.2 Å². The summed E-state index contributed by atoms with van der Waals surface area (Å²) in [5.74, 6) is 0.0126. The van der Waals surface area contributed by atoms with Gasteiger partial charge in [0.1, 0.15) is 12.4 Å². The molecule has 0 heterocycles. The molecule has 9 heteroatoms. The molecule has 0 aliphatic heterocycles. The van der Waals surface area contributed by atoms with Crippen LogP contribution in [-0.4, -0.2) is 33.3 Å². The van der Waals surface area contributed by atoms with Crippen LogP contribution in [0.25, 0.3) is 0 Å². The number of hydroxylamine groups is 1. The van der Waals surface area contributed by atoms with E-state index in [-0.39, 0.29) is 37.1 Å². The van der Waals surface area contributed by atoms with Crippen molar-refractivity contribution in [2.24, 2.45) is 0 Å². The number of ether oxygens (including phenoxy) is 1. The molecule has 0 radical (unpaired) electrons. The number of phenols is 2. The van der Waals surface area contributed by atoms with Crippen molar-refractivity contribution in [1.29, 1.82) is 0 Å². The molecule has 2 aromatic rings. The quantitative estimate of drug-likeness (QED) is 0.335. The molecule has 0 spiro atoms. The van der Waals surface area contributed by atoms with Gasteiger partial charge in [0.15, 0.2) is 11.5 Å². The van der Waals surface area contributed by atoms with Crippen LogP contribution in [-0.2, 0) is 34.1 Å². The predicted molar refractivity (Wildman–Crippen MR) is 88.7 cm³/mol. The molecule has 5 N–H and O–H groups in total.